The Bertz CT molecular complexity index is 694. The van der Waals surface area contributed by atoms with E-state index >= 15 is 0 Å². The number of hydrogen-bond donors (Lipinski definition) is 3. The standard InChI is InChI=1S/C12H10Cl2N4O2S/c1-5(19)16-12-18-9(4-21-12)11(20)17-6-2-7(13)10(15)8(14)3-6/h2-4H,15H2,1H3,(H,17,20)(H,16,18,19). The van der Waals surface area contributed by atoms with E-state index in [0.717, 1.165) is 11.3 Å². The predicted molar refractivity (Wildman–Crippen MR) is 85.2 cm³/mol. The Labute approximate surface area is 134 Å². The molecule has 0 saturated heterocycles. The summed E-state index contributed by atoms with van der Waals surface area (Å²) in [5, 5.41) is 7.47. The Morgan fingerprint density at radius 3 is 2.43 bits per heavy atom. The van der Waals surface area contributed by atoms with E-state index in [9.17, 15) is 9.59 Å². The van der Waals surface area contributed by atoms with Crippen molar-refractivity contribution < 1.29 is 9.59 Å². The fraction of sp³-hybridized carbons (Fsp3) is 0.0833. The number of anilines is 3. The zero-order chi connectivity index (χ0) is 15.6. The number of benzene rings is 1. The van der Waals surface area contributed by atoms with Crippen LogP contribution in [0.2, 0.25) is 10.0 Å². The average molecular weight is 345 g/mol. The van der Waals surface area contributed by atoms with Gasteiger partial charge in [-0.25, -0.2) is 4.98 Å². The Morgan fingerprint density at radius 1 is 1.24 bits per heavy atom. The molecule has 4 N–H and O–H groups in total. The first-order valence-corrected chi connectivity index (χ1v) is 7.29. The van der Waals surface area contributed by atoms with Crippen molar-refractivity contribution in [3.63, 3.8) is 0 Å². The molecule has 0 radical (unpaired) electrons. The lowest BCUT2D eigenvalue weighted by Crippen LogP contribution is -2.13. The van der Waals surface area contributed by atoms with Crippen LogP contribution in [0.5, 0.6) is 0 Å². The molecule has 0 saturated carbocycles. The number of thiazole rings is 1. The number of nitrogens with zero attached hydrogens (tertiary/aromatic N) is 1. The number of nitrogen functional groups attached to an aromatic ring is 1. The first-order chi connectivity index (χ1) is 9.86. The van der Waals surface area contributed by atoms with Crippen molar-refractivity contribution in [2.45, 2.75) is 6.92 Å². The molecule has 110 valence electrons. The average Bonchev–Trinajstić information content (AvgIpc) is 2.83. The minimum Gasteiger partial charge on any atom is -0.396 e. The third-order valence-corrected chi connectivity index (χ3v) is 3.74. The molecule has 2 amide bonds. The molecular formula is C12H10Cl2N4O2S. The van der Waals surface area contributed by atoms with Gasteiger partial charge in [-0.05, 0) is 12.1 Å². The van der Waals surface area contributed by atoms with Gasteiger partial charge in [0.2, 0.25) is 5.91 Å². The molecule has 1 heterocycles. The Balaban J connectivity index is 2.14. The topological polar surface area (TPSA) is 97.1 Å². The maximum absolute atomic E-state index is 12.0. The highest BCUT2D eigenvalue weighted by atomic mass is 35.5. The van der Waals surface area contributed by atoms with Crippen LogP contribution in [0.3, 0.4) is 0 Å². The van der Waals surface area contributed by atoms with Crippen LogP contribution in [-0.2, 0) is 4.79 Å². The van der Waals surface area contributed by atoms with Crippen LogP contribution in [-0.4, -0.2) is 16.8 Å². The van der Waals surface area contributed by atoms with Crippen molar-refractivity contribution >= 4 is 62.9 Å². The molecule has 6 nitrogen and oxygen atoms in total. The normalized spacial score (nSPS) is 10.2. The maximum Gasteiger partial charge on any atom is 0.275 e. The van der Waals surface area contributed by atoms with Gasteiger partial charge in [0.15, 0.2) is 5.13 Å². The molecule has 0 aliphatic rings. The molecule has 9 heteroatoms. The van der Waals surface area contributed by atoms with Crippen LogP contribution >= 0.6 is 34.5 Å². The van der Waals surface area contributed by atoms with Gasteiger partial charge >= 0.3 is 0 Å². The SMILES string of the molecule is CC(=O)Nc1nc(C(=O)Nc2cc(Cl)c(N)c(Cl)c2)cs1. The zero-order valence-corrected chi connectivity index (χ0v) is 13.1. The number of nitrogens with two attached hydrogens (primary N) is 1. The summed E-state index contributed by atoms with van der Waals surface area (Å²) in [5.74, 6) is -0.701. The Kier molecular flexibility index (Phi) is 4.66. The van der Waals surface area contributed by atoms with Gasteiger partial charge in [-0.1, -0.05) is 23.2 Å². The number of hydrogen-bond acceptors (Lipinski definition) is 5. The smallest absolute Gasteiger partial charge is 0.275 e. The summed E-state index contributed by atoms with van der Waals surface area (Å²) in [6, 6.07) is 2.98. The number of halogens is 2. The second-order valence-corrected chi connectivity index (χ2v) is 5.70. The minimum absolute atomic E-state index is 0.174. The molecule has 21 heavy (non-hydrogen) atoms. The van der Waals surface area contributed by atoms with Crippen LogP contribution in [0.15, 0.2) is 17.5 Å². The van der Waals surface area contributed by atoms with E-state index in [1.807, 2.05) is 0 Å². The molecule has 0 fully saturated rings. The van der Waals surface area contributed by atoms with Crippen LogP contribution in [0.25, 0.3) is 0 Å². The summed E-state index contributed by atoms with van der Waals surface area (Å²) in [5.41, 5.74) is 6.44. The minimum atomic E-state index is -0.445. The Morgan fingerprint density at radius 2 is 1.86 bits per heavy atom. The van der Waals surface area contributed by atoms with Gasteiger partial charge in [-0.3, -0.25) is 9.59 Å². The third-order valence-electron chi connectivity index (χ3n) is 2.36. The lowest BCUT2D eigenvalue weighted by molar-refractivity contribution is -0.114. The third kappa shape index (κ3) is 3.84. The van der Waals surface area contributed by atoms with Crippen molar-refractivity contribution in [1.82, 2.24) is 4.98 Å². The fourth-order valence-electron chi connectivity index (χ4n) is 1.44. The van der Waals surface area contributed by atoms with Crippen LogP contribution in [0.1, 0.15) is 17.4 Å². The zero-order valence-electron chi connectivity index (χ0n) is 10.7. The summed E-state index contributed by atoms with van der Waals surface area (Å²) in [6.45, 7) is 1.36. The summed E-state index contributed by atoms with van der Waals surface area (Å²) >= 11 is 12.9. The number of carbonyl (C=O) groups is 2. The number of carbonyl (C=O) groups excluding carboxylic acids is 2. The summed E-state index contributed by atoms with van der Waals surface area (Å²) < 4.78 is 0. The lowest BCUT2D eigenvalue weighted by Gasteiger charge is -2.07. The highest BCUT2D eigenvalue weighted by Crippen LogP contribution is 2.31. The maximum atomic E-state index is 12.0. The van der Waals surface area contributed by atoms with Crippen molar-refractivity contribution in [3.8, 4) is 0 Å². The molecule has 0 spiro atoms. The molecule has 0 unspecified atom stereocenters. The van der Waals surface area contributed by atoms with Crippen LogP contribution in [0, 0.1) is 0 Å². The van der Waals surface area contributed by atoms with E-state index in [2.05, 4.69) is 15.6 Å². The molecule has 1 aromatic carbocycles. The first-order valence-electron chi connectivity index (χ1n) is 5.66. The van der Waals surface area contributed by atoms with Gasteiger partial charge in [0.25, 0.3) is 5.91 Å². The monoisotopic (exact) mass is 344 g/mol. The molecule has 0 aliphatic heterocycles. The lowest BCUT2D eigenvalue weighted by atomic mass is 10.2. The number of nitrogens with one attached hydrogen (secondary N) is 2. The molecule has 2 aromatic rings. The van der Waals surface area contributed by atoms with E-state index in [1.54, 1.807) is 0 Å². The second kappa shape index (κ2) is 6.30. The number of amides is 2. The highest BCUT2D eigenvalue weighted by molar-refractivity contribution is 7.14. The van der Waals surface area contributed by atoms with E-state index in [1.165, 1.54) is 24.4 Å². The second-order valence-electron chi connectivity index (χ2n) is 4.03. The first kappa shape index (κ1) is 15.6. The summed E-state index contributed by atoms with van der Waals surface area (Å²) in [6.07, 6.45) is 0. The number of aromatic nitrogens is 1. The summed E-state index contributed by atoms with van der Waals surface area (Å²) in [7, 11) is 0. The predicted octanol–water partition coefficient (Wildman–Crippen LogP) is 3.24. The van der Waals surface area contributed by atoms with Crippen molar-refractivity contribution in [2.75, 3.05) is 16.4 Å². The molecule has 1 aromatic heterocycles. The van der Waals surface area contributed by atoms with Gasteiger partial charge in [0, 0.05) is 18.0 Å². The van der Waals surface area contributed by atoms with Gasteiger partial charge in [-0.2, -0.15) is 0 Å². The molecular weight excluding hydrogens is 335 g/mol. The largest absolute Gasteiger partial charge is 0.396 e. The Hall–Kier alpha value is -1.83. The molecule has 0 aliphatic carbocycles. The highest BCUT2D eigenvalue weighted by Gasteiger charge is 2.13. The fourth-order valence-corrected chi connectivity index (χ4v) is 2.66. The van der Waals surface area contributed by atoms with Crippen LogP contribution in [0.4, 0.5) is 16.5 Å². The molecule has 2 rings (SSSR count). The molecule has 0 atom stereocenters. The van der Waals surface area contributed by atoms with Crippen molar-refractivity contribution in [1.29, 1.82) is 0 Å². The van der Waals surface area contributed by atoms with E-state index < -0.39 is 5.91 Å². The molecule has 0 bridgehead atoms. The van der Waals surface area contributed by atoms with E-state index in [4.69, 9.17) is 28.9 Å². The summed E-state index contributed by atoms with van der Waals surface area (Å²) in [4.78, 5) is 26.9. The van der Waals surface area contributed by atoms with Crippen molar-refractivity contribution in [3.05, 3.63) is 33.3 Å². The van der Waals surface area contributed by atoms with Gasteiger partial charge in [-0.15, -0.1) is 11.3 Å². The van der Waals surface area contributed by atoms with Crippen molar-refractivity contribution in [2.24, 2.45) is 0 Å². The van der Waals surface area contributed by atoms with Gasteiger partial charge in [0.1, 0.15) is 5.69 Å². The van der Waals surface area contributed by atoms with Gasteiger partial charge < -0.3 is 16.4 Å². The number of rotatable bonds is 3. The quantitative estimate of drug-likeness (QED) is 0.744. The van der Waals surface area contributed by atoms with Gasteiger partial charge in [0.05, 0.1) is 15.7 Å². The van der Waals surface area contributed by atoms with E-state index in [0.29, 0.717) is 10.8 Å². The van der Waals surface area contributed by atoms with E-state index in [-0.39, 0.29) is 27.3 Å². The van der Waals surface area contributed by atoms with Crippen LogP contribution < -0.4 is 16.4 Å².